The molecule has 0 saturated carbocycles. The van der Waals surface area contributed by atoms with Crippen molar-refractivity contribution in [2.75, 3.05) is 44.2 Å². The number of nitrogens with zero attached hydrogens (tertiary/aromatic N) is 2. The molecule has 0 fully saturated rings. The number of hydrogen-bond acceptors (Lipinski definition) is 6. The van der Waals surface area contributed by atoms with E-state index in [0.29, 0.717) is 12.3 Å². The third-order valence-corrected chi connectivity index (χ3v) is 4.99. The number of aryl methyl sites for hydroxylation is 1. The highest BCUT2D eigenvalue weighted by atomic mass is 16.5. The molecule has 0 atom stereocenters. The van der Waals surface area contributed by atoms with Crippen LogP contribution in [0.15, 0.2) is 30.3 Å². The predicted octanol–water partition coefficient (Wildman–Crippen LogP) is 2.60. The van der Waals surface area contributed by atoms with Crippen LogP contribution in [-0.4, -0.2) is 52.0 Å². The lowest BCUT2D eigenvalue weighted by Crippen LogP contribution is -2.42. The number of benzene rings is 2. The van der Waals surface area contributed by atoms with Crippen molar-refractivity contribution in [2.45, 2.75) is 13.8 Å². The first-order valence-corrected chi connectivity index (χ1v) is 9.44. The van der Waals surface area contributed by atoms with E-state index in [1.54, 1.807) is 4.90 Å². The van der Waals surface area contributed by atoms with Gasteiger partial charge in [0.25, 0.3) is 11.7 Å². The summed E-state index contributed by atoms with van der Waals surface area (Å²) in [7, 11) is 4.23. The number of Topliss-reactive ketones (excluding diaryl/α,β-unsaturated/α-hetero) is 1. The van der Waals surface area contributed by atoms with Crippen LogP contribution >= 0.6 is 0 Å². The molecular formula is C22H24N2O6. The van der Waals surface area contributed by atoms with Crippen LogP contribution in [0, 0.1) is 6.92 Å². The average molecular weight is 412 g/mol. The lowest BCUT2D eigenvalue weighted by molar-refractivity contribution is -0.120. The fourth-order valence-corrected chi connectivity index (χ4v) is 3.59. The zero-order valence-corrected chi connectivity index (χ0v) is 17.6. The summed E-state index contributed by atoms with van der Waals surface area (Å²) in [5, 5.41) is 0. The van der Waals surface area contributed by atoms with E-state index >= 15 is 0 Å². The van der Waals surface area contributed by atoms with Crippen LogP contribution in [0.3, 0.4) is 0 Å². The van der Waals surface area contributed by atoms with Gasteiger partial charge in [-0.2, -0.15) is 0 Å². The lowest BCUT2D eigenvalue weighted by atomic mass is 10.1. The van der Waals surface area contributed by atoms with Crippen molar-refractivity contribution in [3.63, 3.8) is 0 Å². The van der Waals surface area contributed by atoms with Crippen LogP contribution in [0.2, 0.25) is 0 Å². The molecule has 30 heavy (non-hydrogen) atoms. The Morgan fingerprint density at radius 3 is 2.30 bits per heavy atom. The Morgan fingerprint density at radius 2 is 1.73 bits per heavy atom. The van der Waals surface area contributed by atoms with E-state index in [1.165, 1.54) is 27.4 Å². The normalized spacial score (nSPS) is 12.6. The molecule has 2 aromatic carbocycles. The second kappa shape index (κ2) is 8.44. The largest absolute Gasteiger partial charge is 0.493 e. The summed E-state index contributed by atoms with van der Waals surface area (Å²) >= 11 is 0. The van der Waals surface area contributed by atoms with Crippen LogP contribution in [0.25, 0.3) is 0 Å². The van der Waals surface area contributed by atoms with E-state index in [1.807, 2.05) is 38.1 Å². The summed E-state index contributed by atoms with van der Waals surface area (Å²) in [4.78, 5) is 41.2. The van der Waals surface area contributed by atoms with Gasteiger partial charge >= 0.3 is 0 Å². The summed E-state index contributed by atoms with van der Waals surface area (Å²) in [6, 6.07) is 9.03. The number of hydrogen-bond donors (Lipinski definition) is 0. The molecule has 0 unspecified atom stereocenters. The Bertz CT molecular complexity index is 1020. The molecule has 1 aliphatic rings. The summed E-state index contributed by atoms with van der Waals surface area (Å²) in [5.74, 6) is -1.26. The molecule has 0 bridgehead atoms. The van der Waals surface area contributed by atoms with Crippen molar-refractivity contribution in [3.8, 4) is 17.2 Å². The molecule has 1 heterocycles. The molecule has 2 aromatic rings. The maximum atomic E-state index is 13.1. The van der Waals surface area contributed by atoms with E-state index in [9.17, 15) is 14.4 Å². The van der Waals surface area contributed by atoms with E-state index in [-0.39, 0.29) is 35.2 Å². The molecule has 8 nitrogen and oxygen atoms in total. The summed E-state index contributed by atoms with van der Waals surface area (Å²) < 4.78 is 16.0. The average Bonchev–Trinajstić information content (AvgIpc) is 2.97. The van der Waals surface area contributed by atoms with Gasteiger partial charge in [0.15, 0.2) is 11.5 Å². The van der Waals surface area contributed by atoms with Crippen LogP contribution in [-0.2, 0) is 9.59 Å². The molecule has 0 N–H and O–H groups in total. The number of anilines is 2. The number of ketones is 1. The van der Waals surface area contributed by atoms with Gasteiger partial charge < -0.3 is 19.1 Å². The van der Waals surface area contributed by atoms with Gasteiger partial charge in [0.2, 0.25) is 11.7 Å². The van der Waals surface area contributed by atoms with E-state index in [4.69, 9.17) is 14.2 Å². The van der Waals surface area contributed by atoms with Crippen molar-refractivity contribution in [2.24, 2.45) is 0 Å². The van der Waals surface area contributed by atoms with Gasteiger partial charge in [-0.3, -0.25) is 19.3 Å². The maximum absolute atomic E-state index is 13.1. The van der Waals surface area contributed by atoms with E-state index in [0.717, 1.165) is 16.2 Å². The molecule has 0 radical (unpaired) electrons. The Morgan fingerprint density at radius 1 is 1.03 bits per heavy atom. The van der Waals surface area contributed by atoms with Gasteiger partial charge in [-0.1, -0.05) is 12.1 Å². The van der Waals surface area contributed by atoms with Gasteiger partial charge in [0, 0.05) is 18.3 Å². The Labute approximate surface area is 174 Å². The zero-order valence-electron chi connectivity index (χ0n) is 17.6. The van der Waals surface area contributed by atoms with Crippen LogP contribution in [0.1, 0.15) is 22.8 Å². The molecule has 1 aliphatic heterocycles. The fraction of sp³-hybridized carbons (Fsp3) is 0.318. The first-order valence-electron chi connectivity index (χ1n) is 9.44. The number of fused-ring (bicyclic) bond motifs is 1. The van der Waals surface area contributed by atoms with Gasteiger partial charge in [0.05, 0.1) is 32.6 Å². The zero-order chi connectivity index (χ0) is 22.0. The highest BCUT2D eigenvalue weighted by molar-refractivity contribution is 6.53. The Hall–Kier alpha value is -3.55. The third-order valence-electron chi connectivity index (χ3n) is 4.99. The Balaban J connectivity index is 2.01. The standard InChI is InChI=1S/C22H24N2O6/c1-6-23(14-9-7-8-13(2)10-14)17(25)12-24-15-11-16(28-3)20(29-4)21(30-5)18(15)19(26)22(24)27/h7-11H,6,12H2,1-5H3. The Kier molecular flexibility index (Phi) is 5.96. The number of amides is 2. The van der Waals surface area contributed by atoms with Crippen molar-refractivity contribution in [1.82, 2.24) is 0 Å². The molecule has 0 spiro atoms. The second-order valence-corrected chi connectivity index (χ2v) is 6.74. The molecule has 158 valence electrons. The number of ether oxygens (including phenoxy) is 3. The minimum atomic E-state index is -0.799. The van der Waals surface area contributed by atoms with Crippen molar-refractivity contribution >= 4 is 29.0 Å². The molecular weight excluding hydrogens is 388 g/mol. The van der Waals surface area contributed by atoms with Crippen molar-refractivity contribution in [3.05, 3.63) is 41.5 Å². The molecule has 2 amide bonds. The number of carbonyl (C=O) groups excluding carboxylic acids is 3. The molecule has 8 heteroatoms. The smallest absolute Gasteiger partial charge is 0.300 e. The van der Waals surface area contributed by atoms with Crippen molar-refractivity contribution in [1.29, 1.82) is 0 Å². The van der Waals surface area contributed by atoms with Gasteiger partial charge in [-0.05, 0) is 31.5 Å². The highest BCUT2D eigenvalue weighted by Crippen LogP contribution is 2.48. The minimum absolute atomic E-state index is 0.0616. The summed E-state index contributed by atoms with van der Waals surface area (Å²) in [6.45, 7) is 3.91. The number of methoxy groups -OCH3 is 3. The number of carbonyl (C=O) groups is 3. The minimum Gasteiger partial charge on any atom is -0.493 e. The summed E-state index contributed by atoms with van der Waals surface area (Å²) in [6.07, 6.45) is 0. The van der Waals surface area contributed by atoms with Gasteiger partial charge in [0.1, 0.15) is 6.54 Å². The van der Waals surface area contributed by atoms with Crippen LogP contribution in [0.4, 0.5) is 11.4 Å². The maximum Gasteiger partial charge on any atom is 0.300 e. The first kappa shape index (κ1) is 21.2. The molecule has 3 rings (SSSR count). The number of rotatable bonds is 7. The molecule has 0 aliphatic carbocycles. The quantitative estimate of drug-likeness (QED) is 0.650. The SMILES string of the molecule is CCN(C(=O)CN1C(=O)C(=O)c2c1cc(OC)c(OC)c2OC)c1cccc(C)c1. The van der Waals surface area contributed by atoms with Crippen LogP contribution < -0.4 is 24.0 Å². The van der Waals surface area contributed by atoms with E-state index in [2.05, 4.69) is 0 Å². The van der Waals surface area contributed by atoms with Gasteiger partial charge in [-0.15, -0.1) is 0 Å². The monoisotopic (exact) mass is 412 g/mol. The second-order valence-electron chi connectivity index (χ2n) is 6.74. The number of likely N-dealkylation sites (N-methyl/N-ethyl adjacent to an activating group) is 1. The predicted molar refractivity (Wildman–Crippen MR) is 112 cm³/mol. The molecule has 0 aromatic heterocycles. The van der Waals surface area contributed by atoms with E-state index < -0.39 is 11.7 Å². The third kappa shape index (κ3) is 3.45. The lowest BCUT2D eigenvalue weighted by Gasteiger charge is -2.25. The summed E-state index contributed by atoms with van der Waals surface area (Å²) in [5.41, 5.74) is 2.06. The topological polar surface area (TPSA) is 85.4 Å². The highest BCUT2D eigenvalue weighted by Gasteiger charge is 2.42. The van der Waals surface area contributed by atoms with Crippen LogP contribution in [0.5, 0.6) is 17.2 Å². The first-order chi connectivity index (χ1) is 14.4. The molecule has 0 saturated heterocycles. The van der Waals surface area contributed by atoms with Crippen molar-refractivity contribution < 1.29 is 28.6 Å². The van der Waals surface area contributed by atoms with Gasteiger partial charge in [-0.25, -0.2) is 0 Å². The fourth-order valence-electron chi connectivity index (χ4n) is 3.59.